The molecule has 2 aromatic rings. The van der Waals surface area contributed by atoms with Crippen molar-refractivity contribution in [3.8, 4) is 11.5 Å². The monoisotopic (exact) mass is 384 g/mol. The average Bonchev–Trinajstić information content (AvgIpc) is 3.15. The minimum atomic E-state index is -0.787. The van der Waals surface area contributed by atoms with Crippen LogP contribution in [0.4, 0.5) is 0 Å². The smallest absolute Gasteiger partial charge is 0.320 e. The molecule has 0 saturated carbocycles. The van der Waals surface area contributed by atoms with Crippen LogP contribution in [0.15, 0.2) is 36.5 Å². The summed E-state index contributed by atoms with van der Waals surface area (Å²) < 4.78 is 11.5. The van der Waals surface area contributed by atoms with Crippen molar-refractivity contribution >= 4 is 5.97 Å². The van der Waals surface area contributed by atoms with Crippen molar-refractivity contribution in [2.75, 3.05) is 19.8 Å². The Kier molecular flexibility index (Phi) is 6.52. The predicted molar refractivity (Wildman–Crippen MR) is 107 cm³/mol. The van der Waals surface area contributed by atoms with Gasteiger partial charge in [0.1, 0.15) is 6.04 Å². The molecule has 1 aliphatic heterocycles. The number of aromatic nitrogens is 1. The Morgan fingerprint density at radius 1 is 1.21 bits per heavy atom. The summed E-state index contributed by atoms with van der Waals surface area (Å²) in [6.07, 6.45) is 3.33. The van der Waals surface area contributed by atoms with Gasteiger partial charge in [-0.1, -0.05) is 12.1 Å². The largest absolute Gasteiger partial charge is 0.490 e. The maximum absolute atomic E-state index is 11.8. The summed E-state index contributed by atoms with van der Waals surface area (Å²) >= 11 is 0. The molecule has 0 radical (unpaired) electrons. The van der Waals surface area contributed by atoms with Crippen LogP contribution in [0.25, 0.3) is 0 Å². The zero-order valence-corrected chi connectivity index (χ0v) is 16.7. The highest BCUT2D eigenvalue weighted by atomic mass is 16.5. The Bertz CT molecular complexity index is 807. The highest BCUT2D eigenvalue weighted by molar-refractivity contribution is 5.74. The van der Waals surface area contributed by atoms with Gasteiger partial charge in [-0.25, -0.2) is 0 Å². The molecule has 150 valence electrons. The zero-order valence-electron chi connectivity index (χ0n) is 16.7. The van der Waals surface area contributed by atoms with Crippen LogP contribution in [0.1, 0.15) is 49.6 Å². The average molecular weight is 384 g/mol. The van der Waals surface area contributed by atoms with E-state index in [2.05, 4.69) is 4.98 Å². The number of carbonyl (C=O) groups is 1. The standard InChI is InChI=1S/C22H28N2O4/c1-4-27-19-11-9-16(13-20(19)28-5-2)21(17-10-8-15(3)14-23-17)24-12-6-7-18(24)22(25)26/h8-11,13-14,18,21H,4-7,12H2,1-3H3,(H,25,26). The summed E-state index contributed by atoms with van der Waals surface area (Å²) in [5.74, 6) is 0.579. The van der Waals surface area contributed by atoms with Crippen molar-refractivity contribution in [2.45, 2.75) is 45.7 Å². The Morgan fingerprint density at radius 2 is 1.96 bits per heavy atom. The first-order chi connectivity index (χ1) is 13.5. The molecule has 28 heavy (non-hydrogen) atoms. The molecule has 1 aromatic heterocycles. The van der Waals surface area contributed by atoms with Gasteiger partial charge >= 0.3 is 5.97 Å². The summed E-state index contributed by atoms with van der Waals surface area (Å²) in [5.41, 5.74) is 2.86. The highest BCUT2D eigenvalue weighted by Gasteiger charge is 2.37. The number of benzene rings is 1. The van der Waals surface area contributed by atoms with Gasteiger partial charge in [0.2, 0.25) is 0 Å². The van der Waals surface area contributed by atoms with Crippen molar-refractivity contribution in [1.82, 2.24) is 9.88 Å². The van der Waals surface area contributed by atoms with Crippen molar-refractivity contribution in [3.63, 3.8) is 0 Å². The first kappa shape index (κ1) is 20.1. The summed E-state index contributed by atoms with van der Waals surface area (Å²) in [6, 6.07) is 9.06. The van der Waals surface area contributed by atoms with Gasteiger partial charge in [-0.2, -0.15) is 0 Å². The molecule has 0 aliphatic carbocycles. The minimum Gasteiger partial charge on any atom is -0.490 e. The number of rotatable bonds is 8. The lowest BCUT2D eigenvalue weighted by atomic mass is 9.99. The van der Waals surface area contributed by atoms with Gasteiger partial charge in [0.25, 0.3) is 0 Å². The lowest BCUT2D eigenvalue weighted by Crippen LogP contribution is -2.39. The fourth-order valence-electron chi connectivity index (χ4n) is 3.77. The number of pyridine rings is 1. The maximum atomic E-state index is 11.8. The third-order valence-corrected chi connectivity index (χ3v) is 5.01. The molecule has 3 rings (SSSR count). The molecule has 2 heterocycles. The number of ether oxygens (including phenoxy) is 2. The van der Waals surface area contributed by atoms with Gasteiger partial charge in [0.05, 0.1) is 24.9 Å². The molecule has 1 N–H and O–H groups in total. The second kappa shape index (κ2) is 9.06. The SMILES string of the molecule is CCOc1ccc(C(c2ccc(C)cn2)N2CCCC2C(=O)O)cc1OCC. The van der Waals surface area contributed by atoms with Crippen LogP contribution < -0.4 is 9.47 Å². The van der Waals surface area contributed by atoms with E-state index in [9.17, 15) is 9.90 Å². The van der Waals surface area contributed by atoms with E-state index in [0.717, 1.165) is 23.2 Å². The Labute approximate surface area is 166 Å². The van der Waals surface area contributed by atoms with E-state index in [1.807, 2.05) is 62.2 Å². The third-order valence-electron chi connectivity index (χ3n) is 5.01. The molecule has 0 bridgehead atoms. The normalized spacial score (nSPS) is 18.0. The molecule has 6 heteroatoms. The minimum absolute atomic E-state index is 0.251. The molecule has 1 aliphatic rings. The summed E-state index contributed by atoms with van der Waals surface area (Å²) in [5, 5.41) is 9.72. The van der Waals surface area contributed by atoms with Gasteiger partial charge in [0, 0.05) is 12.7 Å². The fourth-order valence-corrected chi connectivity index (χ4v) is 3.77. The Morgan fingerprint density at radius 3 is 2.61 bits per heavy atom. The second-order valence-corrected chi connectivity index (χ2v) is 6.97. The molecular formula is C22H28N2O4. The number of hydrogen-bond acceptors (Lipinski definition) is 5. The van der Waals surface area contributed by atoms with E-state index in [1.165, 1.54) is 0 Å². The second-order valence-electron chi connectivity index (χ2n) is 6.97. The first-order valence-electron chi connectivity index (χ1n) is 9.85. The number of carboxylic acids is 1. The van der Waals surface area contributed by atoms with Gasteiger partial charge < -0.3 is 14.6 Å². The van der Waals surface area contributed by atoms with E-state index in [1.54, 1.807) is 0 Å². The third kappa shape index (κ3) is 4.28. The Balaban J connectivity index is 2.07. The summed E-state index contributed by atoms with van der Waals surface area (Å²) in [4.78, 5) is 18.5. The molecule has 1 aromatic carbocycles. The van der Waals surface area contributed by atoms with E-state index >= 15 is 0 Å². The maximum Gasteiger partial charge on any atom is 0.320 e. The van der Waals surface area contributed by atoms with Gasteiger partial charge in [0.15, 0.2) is 11.5 Å². The molecule has 1 saturated heterocycles. The fraction of sp³-hybridized carbons (Fsp3) is 0.455. The van der Waals surface area contributed by atoms with Crippen LogP contribution in [-0.4, -0.2) is 46.8 Å². The lowest BCUT2D eigenvalue weighted by Gasteiger charge is -2.31. The van der Waals surface area contributed by atoms with Crippen molar-refractivity contribution in [2.24, 2.45) is 0 Å². The molecule has 0 spiro atoms. The summed E-state index contributed by atoms with van der Waals surface area (Å²) in [7, 11) is 0. The van der Waals surface area contributed by atoms with Crippen LogP contribution >= 0.6 is 0 Å². The number of hydrogen-bond donors (Lipinski definition) is 1. The first-order valence-corrected chi connectivity index (χ1v) is 9.85. The van der Waals surface area contributed by atoms with Crippen LogP contribution in [0.3, 0.4) is 0 Å². The van der Waals surface area contributed by atoms with E-state index in [0.29, 0.717) is 37.7 Å². The molecular weight excluding hydrogens is 356 g/mol. The van der Waals surface area contributed by atoms with E-state index < -0.39 is 12.0 Å². The van der Waals surface area contributed by atoms with Gasteiger partial charge in [-0.3, -0.25) is 14.7 Å². The number of carboxylic acid groups (broad SMARTS) is 1. The predicted octanol–water partition coefficient (Wildman–Crippen LogP) is 3.83. The van der Waals surface area contributed by atoms with Crippen LogP contribution in [0.2, 0.25) is 0 Å². The van der Waals surface area contributed by atoms with Crippen molar-refractivity contribution < 1.29 is 19.4 Å². The summed E-state index contributed by atoms with van der Waals surface area (Å²) in [6.45, 7) is 7.65. The lowest BCUT2D eigenvalue weighted by molar-refractivity contribution is -0.142. The van der Waals surface area contributed by atoms with Crippen molar-refractivity contribution in [3.05, 3.63) is 53.3 Å². The molecule has 6 nitrogen and oxygen atoms in total. The van der Waals surface area contributed by atoms with E-state index in [4.69, 9.17) is 9.47 Å². The number of likely N-dealkylation sites (tertiary alicyclic amines) is 1. The van der Waals surface area contributed by atoms with Crippen molar-refractivity contribution in [1.29, 1.82) is 0 Å². The van der Waals surface area contributed by atoms with Crippen LogP contribution in [-0.2, 0) is 4.79 Å². The van der Waals surface area contributed by atoms with Crippen LogP contribution in [0, 0.1) is 6.92 Å². The van der Waals surface area contributed by atoms with Gasteiger partial charge in [-0.05, 0) is 62.9 Å². The quantitative estimate of drug-likeness (QED) is 0.746. The van der Waals surface area contributed by atoms with Gasteiger partial charge in [-0.15, -0.1) is 0 Å². The molecule has 2 unspecified atom stereocenters. The topological polar surface area (TPSA) is 71.9 Å². The molecule has 1 fully saturated rings. The number of nitrogens with zero attached hydrogens (tertiary/aromatic N) is 2. The molecule has 0 amide bonds. The highest BCUT2D eigenvalue weighted by Crippen LogP contribution is 2.38. The number of aryl methyl sites for hydroxylation is 1. The Hall–Kier alpha value is -2.60. The van der Waals surface area contributed by atoms with E-state index in [-0.39, 0.29) is 6.04 Å². The zero-order chi connectivity index (χ0) is 20.1. The van der Waals surface area contributed by atoms with Crippen LogP contribution in [0.5, 0.6) is 11.5 Å². The number of aliphatic carboxylic acids is 1. The molecule has 2 atom stereocenters.